The Hall–Kier alpha value is -1.63. The number of hydrogen-bond acceptors (Lipinski definition) is 4. The van der Waals surface area contributed by atoms with E-state index in [1.807, 2.05) is 31.1 Å². The van der Waals surface area contributed by atoms with Gasteiger partial charge in [0.25, 0.3) is 0 Å². The summed E-state index contributed by atoms with van der Waals surface area (Å²) in [7, 11) is 3.97. The normalized spacial score (nSPS) is 21.1. The number of carbonyl (C=O) groups is 1. The molecule has 0 aliphatic carbocycles. The molecule has 0 spiro atoms. The number of aryl methyl sites for hydroxylation is 1. The summed E-state index contributed by atoms with van der Waals surface area (Å²) in [5.41, 5.74) is 1.75. The second-order valence-corrected chi connectivity index (χ2v) is 7.05. The van der Waals surface area contributed by atoms with Crippen LogP contribution in [0, 0.1) is 5.92 Å². The third kappa shape index (κ3) is 3.55. The summed E-state index contributed by atoms with van der Waals surface area (Å²) in [6.07, 6.45) is 0.976. The number of aromatic amines is 1. The molecule has 24 heavy (non-hydrogen) atoms. The van der Waals surface area contributed by atoms with Gasteiger partial charge in [0.1, 0.15) is 5.82 Å². The van der Waals surface area contributed by atoms with Crippen LogP contribution in [0.3, 0.4) is 0 Å². The molecule has 1 aliphatic heterocycles. The van der Waals surface area contributed by atoms with E-state index in [-0.39, 0.29) is 24.5 Å². The van der Waals surface area contributed by atoms with E-state index in [1.165, 1.54) is 0 Å². The van der Waals surface area contributed by atoms with Crippen molar-refractivity contribution in [2.75, 3.05) is 33.8 Å². The molecule has 1 fully saturated rings. The van der Waals surface area contributed by atoms with E-state index in [0.29, 0.717) is 31.0 Å². The quantitative estimate of drug-likeness (QED) is 0.857. The van der Waals surface area contributed by atoms with Crippen molar-refractivity contribution in [3.05, 3.63) is 29.0 Å². The Labute approximate surface area is 146 Å². The molecule has 1 aromatic carbocycles. The summed E-state index contributed by atoms with van der Waals surface area (Å²) in [4.78, 5) is 24.1. The van der Waals surface area contributed by atoms with Gasteiger partial charge >= 0.3 is 0 Å². The number of carbonyl (C=O) groups excluding carboxylic acids is 1. The monoisotopic (exact) mass is 350 g/mol. The maximum Gasteiger partial charge on any atom is 0.223 e. The number of halogens is 1. The maximum atomic E-state index is 12.5. The lowest BCUT2D eigenvalue weighted by Gasteiger charge is -2.23. The topological polar surface area (TPSA) is 72.5 Å². The summed E-state index contributed by atoms with van der Waals surface area (Å²) < 4.78 is 0. The van der Waals surface area contributed by atoms with Crippen molar-refractivity contribution in [1.29, 1.82) is 0 Å². The summed E-state index contributed by atoms with van der Waals surface area (Å²) in [5.74, 6) is 1.02. The standard InChI is InChI=1S/C17H23ClN4O2/c1-21(2)15-9-22(8-11(15)10-23)17(24)6-5-16-19-13-4-3-12(18)7-14(13)20-16/h3-4,7,11,15,23H,5-6,8-10H2,1-2H3,(H,19,20)/t11-,15+/m0/s1. The zero-order valence-electron chi connectivity index (χ0n) is 14.0. The number of benzene rings is 1. The molecule has 2 N–H and O–H groups in total. The number of aliphatic hydroxyl groups is 1. The fraction of sp³-hybridized carbons (Fsp3) is 0.529. The molecule has 0 saturated carbocycles. The number of nitrogens with zero attached hydrogens (tertiary/aromatic N) is 3. The van der Waals surface area contributed by atoms with Crippen LogP contribution in [-0.4, -0.2) is 70.6 Å². The Morgan fingerprint density at radius 2 is 2.25 bits per heavy atom. The van der Waals surface area contributed by atoms with Gasteiger partial charge in [-0.25, -0.2) is 4.98 Å². The molecule has 7 heteroatoms. The van der Waals surface area contributed by atoms with E-state index in [2.05, 4.69) is 14.9 Å². The molecular weight excluding hydrogens is 328 g/mol. The number of amides is 1. The van der Waals surface area contributed by atoms with Gasteiger partial charge in [-0.05, 0) is 32.3 Å². The van der Waals surface area contributed by atoms with Crippen molar-refractivity contribution in [3.63, 3.8) is 0 Å². The minimum Gasteiger partial charge on any atom is -0.396 e. The number of imidazole rings is 1. The second kappa shape index (κ2) is 7.09. The third-order valence-corrected chi connectivity index (χ3v) is 4.96. The fourth-order valence-corrected chi connectivity index (χ4v) is 3.53. The van der Waals surface area contributed by atoms with Crippen LogP contribution in [-0.2, 0) is 11.2 Å². The van der Waals surface area contributed by atoms with Gasteiger partial charge in [0, 0.05) is 49.5 Å². The number of hydrogen-bond donors (Lipinski definition) is 2. The molecule has 0 radical (unpaired) electrons. The SMILES string of the molecule is CN(C)[C@@H]1CN(C(=O)CCc2nc3ccc(Cl)cc3[nH]2)C[C@H]1CO. The van der Waals surface area contributed by atoms with Crippen LogP contribution in [0.25, 0.3) is 11.0 Å². The first kappa shape index (κ1) is 17.2. The molecule has 130 valence electrons. The summed E-state index contributed by atoms with van der Waals surface area (Å²) >= 11 is 5.98. The first-order valence-electron chi connectivity index (χ1n) is 8.17. The Kier molecular flexibility index (Phi) is 5.08. The van der Waals surface area contributed by atoms with Crippen molar-refractivity contribution in [1.82, 2.24) is 19.8 Å². The lowest BCUT2D eigenvalue weighted by atomic mass is 10.0. The number of likely N-dealkylation sites (N-methyl/N-ethyl adjacent to an activating group) is 1. The molecule has 3 rings (SSSR count). The van der Waals surface area contributed by atoms with E-state index in [4.69, 9.17) is 11.6 Å². The highest BCUT2D eigenvalue weighted by Crippen LogP contribution is 2.22. The molecule has 6 nitrogen and oxygen atoms in total. The van der Waals surface area contributed by atoms with Crippen LogP contribution in [0.15, 0.2) is 18.2 Å². The highest BCUT2D eigenvalue weighted by molar-refractivity contribution is 6.31. The molecule has 0 unspecified atom stereocenters. The largest absolute Gasteiger partial charge is 0.396 e. The van der Waals surface area contributed by atoms with Gasteiger partial charge in [-0.2, -0.15) is 0 Å². The van der Waals surface area contributed by atoms with Gasteiger partial charge < -0.3 is 19.9 Å². The van der Waals surface area contributed by atoms with E-state index in [1.54, 1.807) is 6.07 Å². The molecule has 2 atom stereocenters. The van der Waals surface area contributed by atoms with Gasteiger partial charge in [-0.3, -0.25) is 4.79 Å². The van der Waals surface area contributed by atoms with Crippen molar-refractivity contribution < 1.29 is 9.90 Å². The first-order chi connectivity index (χ1) is 11.5. The second-order valence-electron chi connectivity index (χ2n) is 6.62. The number of rotatable bonds is 5. The fourth-order valence-electron chi connectivity index (χ4n) is 3.36. The number of likely N-dealkylation sites (tertiary alicyclic amines) is 1. The molecule has 1 saturated heterocycles. The van der Waals surface area contributed by atoms with Crippen molar-refractivity contribution >= 4 is 28.5 Å². The minimum atomic E-state index is 0.108. The lowest BCUT2D eigenvalue weighted by molar-refractivity contribution is -0.130. The Bertz CT molecular complexity index is 730. The van der Waals surface area contributed by atoms with Crippen molar-refractivity contribution in [2.45, 2.75) is 18.9 Å². The number of aromatic nitrogens is 2. The molecular formula is C17H23ClN4O2. The number of H-pyrrole nitrogens is 1. The van der Waals surface area contributed by atoms with Gasteiger partial charge in [0.05, 0.1) is 11.0 Å². The molecule has 2 aromatic rings. The maximum absolute atomic E-state index is 12.5. The molecule has 0 bridgehead atoms. The molecule has 1 aromatic heterocycles. The average molecular weight is 351 g/mol. The molecule has 2 heterocycles. The van der Waals surface area contributed by atoms with Crippen LogP contribution in [0.4, 0.5) is 0 Å². The van der Waals surface area contributed by atoms with Crippen LogP contribution in [0.5, 0.6) is 0 Å². The van der Waals surface area contributed by atoms with E-state index < -0.39 is 0 Å². The summed E-state index contributed by atoms with van der Waals surface area (Å²) in [6.45, 7) is 1.40. The number of nitrogens with one attached hydrogen (secondary N) is 1. The van der Waals surface area contributed by atoms with Gasteiger partial charge in [0.2, 0.25) is 5.91 Å². The number of aliphatic hydroxyl groups excluding tert-OH is 1. The molecule has 1 amide bonds. The minimum absolute atomic E-state index is 0.108. The Morgan fingerprint density at radius 3 is 2.92 bits per heavy atom. The average Bonchev–Trinajstić information content (AvgIpc) is 3.15. The predicted molar refractivity (Wildman–Crippen MR) is 94.1 cm³/mol. The summed E-state index contributed by atoms with van der Waals surface area (Å²) in [5, 5.41) is 10.2. The van der Waals surface area contributed by atoms with E-state index in [0.717, 1.165) is 16.9 Å². The Morgan fingerprint density at radius 1 is 1.46 bits per heavy atom. The van der Waals surface area contributed by atoms with E-state index >= 15 is 0 Å². The smallest absolute Gasteiger partial charge is 0.223 e. The zero-order chi connectivity index (χ0) is 17.3. The van der Waals surface area contributed by atoms with Gasteiger partial charge in [0.15, 0.2) is 0 Å². The number of fused-ring (bicyclic) bond motifs is 1. The zero-order valence-corrected chi connectivity index (χ0v) is 14.8. The molecule has 1 aliphatic rings. The van der Waals surface area contributed by atoms with Crippen LogP contribution in [0.2, 0.25) is 5.02 Å². The van der Waals surface area contributed by atoms with Crippen LogP contribution >= 0.6 is 11.6 Å². The van der Waals surface area contributed by atoms with Gasteiger partial charge in [-0.1, -0.05) is 11.6 Å². The highest BCUT2D eigenvalue weighted by Gasteiger charge is 2.35. The Balaban J connectivity index is 1.60. The van der Waals surface area contributed by atoms with Crippen LogP contribution < -0.4 is 0 Å². The van der Waals surface area contributed by atoms with Gasteiger partial charge in [-0.15, -0.1) is 0 Å². The lowest BCUT2D eigenvalue weighted by Crippen LogP contribution is -2.37. The third-order valence-electron chi connectivity index (χ3n) is 4.73. The highest BCUT2D eigenvalue weighted by atomic mass is 35.5. The predicted octanol–water partition coefficient (Wildman–Crippen LogP) is 1.53. The van der Waals surface area contributed by atoms with E-state index in [9.17, 15) is 9.90 Å². The first-order valence-corrected chi connectivity index (χ1v) is 8.55. The van der Waals surface area contributed by atoms with Crippen molar-refractivity contribution in [3.8, 4) is 0 Å². The summed E-state index contributed by atoms with van der Waals surface area (Å²) in [6, 6.07) is 5.73. The van der Waals surface area contributed by atoms with Crippen molar-refractivity contribution in [2.24, 2.45) is 5.92 Å². The van der Waals surface area contributed by atoms with Crippen LogP contribution in [0.1, 0.15) is 12.2 Å².